The Hall–Kier alpha value is -1.63. The van der Waals surface area contributed by atoms with Gasteiger partial charge in [-0.05, 0) is 12.1 Å². The van der Waals surface area contributed by atoms with Crippen molar-refractivity contribution in [3.05, 3.63) is 29.8 Å². The van der Waals surface area contributed by atoms with E-state index in [2.05, 4.69) is 5.32 Å². The minimum absolute atomic E-state index is 0.0567. The topological polar surface area (TPSA) is 54.0 Å². The molecule has 2 aliphatic heterocycles. The fraction of sp³-hybridized carbons (Fsp3) is 0.588. The summed E-state index contributed by atoms with van der Waals surface area (Å²) in [4.78, 5) is 16.9. The number of hydrogen-bond donors (Lipinski definition) is 1. The van der Waals surface area contributed by atoms with Crippen molar-refractivity contribution in [2.75, 3.05) is 65.0 Å². The van der Waals surface area contributed by atoms with Crippen LogP contribution in [0.3, 0.4) is 0 Å². The number of anilines is 1. The standard InChI is InChI=1S/C17H25N3O3/c1-19(2)15-6-4-3-5-14(15)16(21)20-8-10-23-17(12-20)11-18-7-9-22-13-17/h3-6,18H,7-13H2,1-2H3/t17-/m1/s1. The van der Waals surface area contributed by atoms with Crippen LogP contribution in [0.2, 0.25) is 0 Å². The normalized spacial score (nSPS) is 25.2. The van der Waals surface area contributed by atoms with Gasteiger partial charge >= 0.3 is 0 Å². The summed E-state index contributed by atoms with van der Waals surface area (Å²) in [7, 11) is 3.91. The molecule has 1 amide bonds. The molecule has 0 unspecified atom stereocenters. The molecule has 1 spiro atoms. The van der Waals surface area contributed by atoms with Gasteiger partial charge in [-0.3, -0.25) is 4.79 Å². The number of rotatable bonds is 2. The minimum atomic E-state index is -0.433. The van der Waals surface area contributed by atoms with E-state index < -0.39 is 5.60 Å². The van der Waals surface area contributed by atoms with Gasteiger partial charge in [0.2, 0.25) is 0 Å². The summed E-state index contributed by atoms with van der Waals surface area (Å²) >= 11 is 0. The summed E-state index contributed by atoms with van der Waals surface area (Å²) in [6.45, 7) is 4.46. The Kier molecular flexibility index (Phi) is 4.84. The molecule has 1 atom stereocenters. The predicted molar refractivity (Wildman–Crippen MR) is 89.0 cm³/mol. The number of ether oxygens (including phenoxy) is 2. The third-order valence-corrected chi connectivity index (χ3v) is 4.39. The van der Waals surface area contributed by atoms with Crippen LogP contribution in [0.5, 0.6) is 0 Å². The van der Waals surface area contributed by atoms with Crippen LogP contribution in [0, 0.1) is 0 Å². The summed E-state index contributed by atoms with van der Waals surface area (Å²) in [5.74, 6) is 0.0567. The molecule has 2 aliphatic rings. The maximum Gasteiger partial charge on any atom is 0.256 e. The van der Waals surface area contributed by atoms with Crippen LogP contribution in [0.15, 0.2) is 24.3 Å². The largest absolute Gasteiger partial charge is 0.377 e. The Morgan fingerprint density at radius 1 is 1.30 bits per heavy atom. The average molecular weight is 319 g/mol. The van der Waals surface area contributed by atoms with Crippen molar-refractivity contribution in [3.8, 4) is 0 Å². The molecule has 6 nitrogen and oxygen atoms in total. The van der Waals surface area contributed by atoms with Crippen molar-refractivity contribution < 1.29 is 14.3 Å². The van der Waals surface area contributed by atoms with Gasteiger partial charge in [-0.25, -0.2) is 0 Å². The molecule has 1 N–H and O–H groups in total. The molecule has 2 heterocycles. The second-order valence-corrected chi connectivity index (χ2v) is 6.40. The third kappa shape index (κ3) is 3.49. The summed E-state index contributed by atoms with van der Waals surface area (Å²) in [6.07, 6.45) is 0. The highest BCUT2D eigenvalue weighted by Gasteiger charge is 2.40. The van der Waals surface area contributed by atoms with Gasteiger partial charge in [-0.1, -0.05) is 12.1 Å². The van der Waals surface area contributed by atoms with E-state index in [9.17, 15) is 4.79 Å². The summed E-state index contributed by atoms with van der Waals surface area (Å²) in [5, 5.41) is 3.34. The zero-order valence-electron chi connectivity index (χ0n) is 13.9. The smallest absolute Gasteiger partial charge is 0.256 e. The van der Waals surface area contributed by atoms with Crippen molar-refractivity contribution in [3.63, 3.8) is 0 Å². The van der Waals surface area contributed by atoms with Crippen LogP contribution in [0.4, 0.5) is 5.69 Å². The quantitative estimate of drug-likeness (QED) is 0.864. The van der Waals surface area contributed by atoms with E-state index in [1.807, 2.05) is 48.2 Å². The van der Waals surface area contributed by atoms with Crippen molar-refractivity contribution >= 4 is 11.6 Å². The molecule has 1 aromatic rings. The minimum Gasteiger partial charge on any atom is -0.377 e. The monoisotopic (exact) mass is 319 g/mol. The molecule has 0 aliphatic carbocycles. The Labute approximate surface area is 137 Å². The van der Waals surface area contributed by atoms with Gasteiger partial charge in [-0.15, -0.1) is 0 Å². The van der Waals surface area contributed by atoms with Gasteiger partial charge in [0, 0.05) is 39.4 Å². The molecule has 0 aromatic heterocycles. The summed E-state index contributed by atoms with van der Waals surface area (Å²) < 4.78 is 11.6. The fourth-order valence-electron chi connectivity index (χ4n) is 3.20. The number of para-hydroxylation sites is 1. The molecular formula is C17H25N3O3. The zero-order valence-corrected chi connectivity index (χ0v) is 13.9. The molecule has 2 saturated heterocycles. The maximum atomic E-state index is 13.0. The second-order valence-electron chi connectivity index (χ2n) is 6.40. The van der Waals surface area contributed by atoms with E-state index in [0.717, 1.165) is 17.8 Å². The van der Waals surface area contributed by atoms with E-state index in [1.54, 1.807) is 0 Å². The molecule has 0 saturated carbocycles. The Balaban J connectivity index is 1.80. The number of amides is 1. The number of nitrogens with one attached hydrogen (secondary N) is 1. The van der Waals surface area contributed by atoms with Crippen LogP contribution >= 0.6 is 0 Å². The SMILES string of the molecule is CN(C)c1ccccc1C(=O)N1CCO[C@]2(CNCCOC2)C1. The first-order valence-electron chi connectivity index (χ1n) is 8.09. The van der Waals surface area contributed by atoms with Crippen LogP contribution in [0.1, 0.15) is 10.4 Å². The van der Waals surface area contributed by atoms with Crippen LogP contribution in [0.25, 0.3) is 0 Å². The molecule has 126 valence electrons. The van der Waals surface area contributed by atoms with Crippen LogP contribution in [-0.4, -0.2) is 76.5 Å². The van der Waals surface area contributed by atoms with Gasteiger partial charge in [0.25, 0.3) is 5.91 Å². The zero-order chi connectivity index (χ0) is 16.3. The molecule has 0 bridgehead atoms. The lowest BCUT2D eigenvalue weighted by atomic mass is 10.0. The lowest BCUT2D eigenvalue weighted by Gasteiger charge is -2.42. The maximum absolute atomic E-state index is 13.0. The number of carbonyl (C=O) groups excluding carboxylic acids is 1. The van der Waals surface area contributed by atoms with Crippen LogP contribution in [-0.2, 0) is 9.47 Å². The van der Waals surface area contributed by atoms with Gasteiger partial charge in [-0.2, -0.15) is 0 Å². The summed E-state index contributed by atoms with van der Waals surface area (Å²) in [5.41, 5.74) is 1.24. The van der Waals surface area contributed by atoms with E-state index in [-0.39, 0.29) is 5.91 Å². The molecule has 0 radical (unpaired) electrons. The van der Waals surface area contributed by atoms with Crippen molar-refractivity contribution in [1.82, 2.24) is 10.2 Å². The Morgan fingerprint density at radius 3 is 2.96 bits per heavy atom. The first-order valence-corrected chi connectivity index (χ1v) is 8.09. The van der Waals surface area contributed by atoms with Crippen molar-refractivity contribution in [2.45, 2.75) is 5.60 Å². The van der Waals surface area contributed by atoms with E-state index in [4.69, 9.17) is 9.47 Å². The van der Waals surface area contributed by atoms with Crippen LogP contribution < -0.4 is 10.2 Å². The second kappa shape index (κ2) is 6.86. The molecule has 1 aromatic carbocycles. The molecule has 6 heteroatoms. The van der Waals surface area contributed by atoms with E-state index in [1.165, 1.54) is 0 Å². The molecule has 3 rings (SSSR count). The lowest BCUT2D eigenvalue weighted by molar-refractivity contribution is -0.125. The molecule has 2 fully saturated rings. The first kappa shape index (κ1) is 16.2. The lowest BCUT2D eigenvalue weighted by Crippen LogP contribution is -2.59. The summed E-state index contributed by atoms with van der Waals surface area (Å²) in [6, 6.07) is 7.73. The highest BCUT2D eigenvalue weighted by Crippen LogP contribution is 2.24. The third-order valence-electron chi connectivity index (χ3n) is 4.39. The highest BCUT2D eigenvalue weighted by atomic mass is 16.5. The number of benzene rings is 1. The number of hydrogen-bond acceptors (Lipinski definition) is 5. The highest BCUT2D eigenvalue weighted by molar-refractivity contribution is 5.99. The number of carbonyl (C=O) groups is 1. The van der Waals surface area contributed by atoms with E-state index in [0.29, 0.717) is 39.5 Å². The van der Waals surface area contributed by atoms with Crippen molar-refractivity contribution in [1.29, 1.82) is 0 Å². The van der Waals surface area contributed by atoms with Gasteiger partial charge in [0.15, 0.2) is 0 Å². The van der Waals surface area contributed by atoms with Gasteiger partial charge in [0.1, 0.15) is 5.60 Å². The number of nitrogens with zero attached hydrogens (tertiary/aromatic N) is 2. The van der Waals surface area contributed by atoms with Gasteiger partial charge in [0.05, 0.1) is 31.9 Å². The Morgan fingerprint density at radius 2 is 2.13 bits per heavy atom. The molecular weight excluding hydrogens is 294 g/mol. The Bertz CT molecular complexity index is 554. The fourth-order valence-corrected chi connectivity index (χ4v) is 3.20. The van der Waals surface area contributed by atoms with Gasteiger partial charge < -0.3 is 24.6 Å². The van der Waals surface area contributed by atoms with E-state index >= 15 is 0 Å². The molecule has 23 heavy (non-hydrogen) atoms. The van der Waals surface area contributed by atoms with Crippen molar-refractivity contribution in [2.24, 2.45) is 0 Å². The first-order chi connectivity index (χ1) is 11.1. The average Bonchev–Trinajstić information content (AvgIpc) is 2.79. The number of morpholine rings is 1. The predicted octanol–water partition coefficient (Wildman–Crippen LogP) is 0.584.